The van der Waals surface area contributed by atoms with Crippen molar-refractivity contribution in [3.05, 3.63) is 120 Å². The van der Waals surface area contributed by atoms with Crippen LogP contribution in [0.25, 0.3) is 0 Å². The molecule has 0 bridgehead atoms. The lowest BCUT2D eigenvalue weighted by molar-refractivity contribution is 0.0963. The maximum atomic E-state index is 13.1. The van der Waals surface area contributed by atoms with E-state index in [-0.39, 0.29) is 24.2 Å². The Labute approximate surface area is 178 Å². The molecule has 3 nitrogen and oxygen atoms in total. The van der Waals surface area contributed by atoms with Crippen molar-refractivity contribution in [1.29, 1.82) is 0 Å². The van der Waals surface area contributed by atoms with Crippen molar-refractivity contribution in [2.24, 2.45) is 0 Å². The highest BCUT2D eigenvalue weighted by Crippen LogP contribution is 2.44. The van der Waals surface area contributed by atoms with Gasteiger partial charge in [-0.3, -0.25) is 0 Å². The molecule has 0 aromatic heterocycles. The minimum atomic E-state index is -0.268. The van der Waals surface area contributed by atoms with E-state index in [2.05, 4.69) is 54.6 Å². The summed E-state index contributed by atoms with van der Waals surface area (Å²) in [5, 5.41) is 0. The lowest BCUT2D eigenvalue weighted by atomic mass is 9.73. The van der Waals surface area contributed by atoms with Gasteiger partial charge in [-0.25, -0.2) is 4.79 Å². The van der Waals surface area contributed by atoms with Crippen LogP contribution < -0.4 is 0 Å². The second-order valence-electron chi connectivity index (χ2n) is 7.78. The number of amides is 1. The average molecular weight is 398 g/mol. The van der Waals surface area contributed by atoms with E-state index >= 15 is 0 Å². The van der Waals surface area contributed by atoms with Gasteiger partial charge in [-0.1, -0.05) is 103 Å². The monoisotopic (exact) mass is 397 g/mol. The fourth-order valence-corrected chi connectivity index (χ4v) is 4.44. The number of hydrogen-bond acceptors (Lipinski definition) is 2. The normalized spacial score (nSPS) is 17.9. The third-order valence-corrected chi connectivity index (χ3v) is 5.91. The maximum absolute atomic E-state index is 13.1. The van der Waals surface area contributed by atoms with E-state index in [0.29, 0.717) is 6.54 Å². The van der Waals surface area contributed by atoms with Gasteiger partial charge in [-0.15, -0.1) is 0 Å². The van der Waals surface area contributed by atoms with Crippen LogP contribution in [0.2, 0.25) is 0 Å². The van der Waals surface area contributed by atoms with Crippen LogP contribution in [0.3, 0.4) is 0 Å². The van der Waals surface area contributed by atoms with Crippen LogP contribution in [-0.4, -0.2) is 23.6 Å². The first-order valence-corrected chi connectivity index (χ1v) is 10.4. The molecule has 0 aliphatic carbocycles. The van der Waals surface area contributed by atoms with Gasteiger partial charge in [0.2, 0.25) is 0 Å². The number of rotatable bonds is 5. The van der Waals surface area contributed by atoms with Crippen LogP contribution in [0.5, 0.6) is 0 Å². The summed E-state index contributed by atoms with van der Waals surface area (Å²) in [4.78, 5) is 15.0. The fourth-order valence-electron chi connectivity index (χ4n) is 4.44. The minimum Gasteiger partial charge on any atom is -0.445 e. The highest BCUT2D eigenvalue weighted by Gasteiger charge is 2.47. The van der Waals surface area contributed by atoms with E-state index in [9.17, 15) is 4.79 Å². The van der Waals surface area contributed by atoms with E-state index in [1.807, 2.05) is 60.4 Å². The van der Waals surface area contributed by atoms with Gasteiger partial charge in [0, 0.05) is 12.0 Å². The predicted molar refractivity (Wildman–Crippen MR) is 120 cm³/mol. The first-order chi connectivity index (χ1) is 14.7. The first-order valence-electron chi connectivity index (χ1n) is 10.4. The minimum absolute atomic E-state index is 0.0151. The SMILES string of the molecule is CC=CC1CC(c2ccccc2)(c2ccccc2)CN1C(=O)OCc1ccccc1. The second-order valence-corrected chi connectivity index (χ2v) is 7.78. The molecule has 3 heteroatoms. The second kappa shape index (κ2) is 9.00. The molecule has 30 heavy (non-hydrogen) atoms. The van der Waals surface area contributed by atoms with Crippen molar-refractivity contribution in [1.82, 2.24) is 4.90 Å². The number of hydrogen-bond donors (Lipinski definition) is 0. The number of carbonyl (C=O) groups is 1. The largest absolute Gasteiger partial charge is 0.445 e. The number of carbonyl (C=O) groups excluding carboxylic acids is 1. The summed E-state index contributed by atoms with van der Waals surface area (Å²) < 4.78 is 5.71. The van der Waals surface area contributed by atoms with Gasteiger partial charge in [-0.2, -0.15) is 0 Å². The van der Waals surface area contributed by atoms with E-state index in [0.717, 1.165) is 12.0 Å². The zero-order valence-electron chi connectivity index (χ0n) is 17.3. The average Bonchev–Trinajstić information content (AvgIpc) is 3.20. The molecule has 1 aliphatic heterocycles. The molecule has 0 spiro atoms. The van der Waals surface area contributed by atoms with Crippen molar-refractivity contribution in [3.8, 4) is 0 Å². The first kappa shape index (κ1) is 20.0. The van der Waals surface area contributed by atoms with Crippen molar-refractivity contribution in [2.45, 2.75) is 31.4 Å². The van der Waals surface area contributed by atoms with Gasteiger partial charge in [0.15, 0.2) is 0 Å². The van der Waals surface area contributed by atoms with Crippen molar-refractivity contribution in [3.63, 3.8) is 0 Å². The molecular weight excluding hydrogens is 370 g/mol. The summed E-state index contributed by atoms with van der Waals surface area (Å²) in [5.41, 5.74) is 3.18. The molecule has 1 unspecified atom stereocenters. The molecule has 152 valence electrons. The molecular formula is C27H27NO2. The quantitative estimate of drug-likeness (QED) is 0.497. The van der Waals surface area contributed by atoms with Crippen LogP contribution in [0.15, 0.2) is 103 Å². The van der Waals surface area contributed by atoms with Crippen molar-refractivity contribution >= 4 is 6.09 Å². The molecule has 0 N–H and O–H groups in total. The number of likely N-dealkylation sites (tertiary alicyclic amines) is 1. The summed E-state index contributed by atoms with van der Waals surface area (Å²) in [6.07, 6.45) is 4.69. The van der Waals surface area contributed by atoms with E-state index in [1.54, 1.807) is 0 Å². The van der Waals surface area contributed by atoms with E-state index < -0.39 is 0 Å². The highest BCUT2D eigenvalue weighted by molar-refractivity contribution is 5.70. The summed E-state index contributed by atoms with van der Waals surface area (Å²) >= 11 is 0. The Morgan fingerprint density at radius 3 is 2.00 bits per heavy atom. The van der Waals surface area contributed by atoms with Crippen LogP contribution >= 0.6 is 0 Å². The van der Waals surface area contributed by atoms with Crippen molar-refractivity contribution < 1.29 is 9.53 Å². The van der Waals surface area contributed by atoms with Gasteiger partial charge in [0.25, 0.3) is 0 Å². The Morgan fingerprint density at radius 1 is 0.933 bits per heavy atom. The summed E-state index contributed by atoms with van der Waals surface area (Å²) in [6.45, 7) is 2.87. The van der Waals surface area contributed by atoms with Crippen molar-refractivity contribution in [2.75, 3.05) is 6.54 Å². The van der Waals surface area contributed by atoms with Crippen LogP contribution in [-0.2, 0) is 16.8 Å². The zero-order chi connectivity index (χ0) is 20.8. The molecule has 0 radical (unpaired) electrons. The van der Waals surface area contributed by atoms with Gasteiger partial charge in [0.05, 0.1) is 6.04 Å². The lowest BCUT2D eigenvalue weighted by Gasteiger charge is -2.30. The third kappa shape index (κ3) is 4.02. The van der Waals surface area contributed by atoms with Crippen LogP contribution in [0, 0.1) is 0 Å². The van der Waals surface area contributed by atoms with Gasteiger partial charge in [0.1, 0.15) is 6.61 Å². The molecule has 1 atom stereocenters. The molecule has 4 rings (SSSR count). The van der Waals surface area contributed by atoms with Gasteiger partial charge in [-0.05, 0) is 30.0 Å². The molecule has 1 heterocycles. The zero-order valence-corrected chi connectivity index (χ0v) is 17.3. The van der Waals surface area contributed by atoms with Crippen LogP contribution in [0.4, 0.5) is 4.79 Å². The molecule has 3 aromatic rings. The number of ether oxygens (including phenoxy) is 1. The standard InChI is InChI=1S/C27H27NO2/c1-2-12-25-19-27(23-15-8-4-9-16-23,24-17-10-5-11-18-24)21-28(25)26(29)30-20-22-13-6-3-7-14-22/h2-18,25H,19-21H2,1H3. The fraction of sp³-hybridized carbons (Fsp3) is 0.222. The maximum Gasteiger partial charge on any atom is 0.410 e. The Bertz CT molecular complexity index is 944. The molecule has 1 amide bonds. The van der Waals surface area contributed by atoms with E-state index in [1.165, 1.54) is 11.1 Å². The molecule has 1 aliphatic rings. The molecule has 1 saturated heterocycles. The topological polar surface area (TPSA) is 29.5 Å². The summed E-state index contributed by atoms with van der Waals surface area (Å²) in [7, 11) is 0. The highest BCUT2D eigenvalue weighted by atomic mass is 16.6. The number of benzene rings is 3. The Balaban J connectivity index is 1.65. The lowest BCUT2D eigenvalue weighted by Crippen LogP contribution is -2.37. The molecule has 3 aromatic carbocycles. The summed E-state index contributed by atoms with van der Waals surface area (Å²) in [5.74, 6) is 0. The summed E-state index contributed by atoms with van der Waals surface area (Å²) in [6, 6.07) is 30.8. The Kier molecular flexibility index (Phi) is 5.99. The third-order valence-electron chi connectivity index (χ3n) is 5.91. The van der Waals surface area contributed by atoms with E-state index in [4.69, 9.17) is 4.74 Å². The van der Waals surface area contributed by atoms with Gasteiger partial charge >= 0.3 is 6.09 Å². The molecule has 1 fully saturated rings. The van der Waals surface area contributed by atoms with Gasteiger partial charge < -0.3 is 9.64 Å². The number of nitrogens with zero attached hydrogens (tertiary/aromatic N) is 1. The Hall–Kier alpha value is -3.33. The van der Waals surface area contributed by atoms with Crippen LogP contribution in [0.1, 0.15) is 30.0 Å². The Morgan fingerprint density at radius 2 is 1.47 bits per heavy atom. The smallest absolute Gasteiger partial charge is 0.410 e. The molecule has 0 saturated carbocycles. The number of allylic oxidation sites excluding steroid dienone is 1. The predicted octanol–water partition coefficient (Wildman–Crippen LogP) is 5.96.